The van der Waals surface area contributed by atoms with Crippen LogP contribution in [0.15, 0.2) is 10.9 Å². The first-order valence-electron chi connectivity index (χ1n) is 6.16. The number of nitrogens with zero attached hydrogens (tertiary/aromatic N) is 3. The second-order valence-electron chi connectivity index (χ2n) is 4.49. The normalized spacial score (nSPS) is 10.9. The van der Waals surface area contributed by atoms with E-state index in [0.717, 1.165) is 29.8 Å². The van der Waals surface area contributed by atoms with Crippen LogP contribution in [0.2, 0.25) is 0 Å². The van der Waals surface area contributed by atoms with Gasteiger partial charge in [-0.1, -0.05) is 6.92 Å². The Morgan fingerprint density at radius 2 is 2.00 bits per heavy atom. The molecule has 0 fully saturated rings. The third-order valence-electron chi connectivity index (χ3n) is 3.19. The molecule has 0 saturated carbocycles. The monoisotopic (exact) mass is 246 g/mol. The number of pyridine rings is 1. The summed E-state index contributed by atoms with van der Waals surface area (Å²) in [4.78, 5) is 20.4. The van der Waals surface area contributed by atoms with Gasteiger partial charge in [0, 0.05) is 12.2 Å². The van der Waals surface area contributed by atoms with Crippen LogP contribution in [0.4, 0.5) is 5.95 Å². The highest BCUT2D eigenvalue weighted by molar-refractivity contribution is 5.49. The third kappa shape index (κ3) is 2.08. The van der Waals surface area contributed by atoms with Crippen LogP contribution in [0.1, 0.15) is 30.2 Å². The van der Waals surface area contributed by atoms with Crippen molar-refractivity contribution in [3.63, 3.8) is 0 Å². The predicted octanol–water partition coefficient (Wildman–Crippen LogP) is 1.84. The lowest BCUT2D eigenvalue weighted by molar-refractivity contribution is 0.878. The van der Waals surface area contributed by atoms with Gasteiger partial charge in [-0.05, 0) is 44.4 Å². The average Bonchev–Trinajstić information content (AvgIpc) is 2.33. The second-order valence-corrected chi connectivity index (χ2v) is 4.49. The van der Waals surface area contributed by atoms with Crippen molar-refractivity contribution < 1.29 is 0 Å². The smallest absolute Gasteiger partial charge is 0.354 e. The van der Waals surface area contributed by atoms with E-state index in [1.807, 2.05) is 26.8 Å². The minimum atomic E-state index is -0.279. The molecule has 0 amide bonds. The maximum atomic E-state index is 12.0. The van der Waals surface area contributed by atoms with Crippen molar-refractivity contribution in [1.82, 2.24) is 14.4 Å². The largest absolute Gasteiger partial charge is 0.356 e. The molecule has 0 atom stereocenters. The summed E-state index contributed by atoms with van der Waals surface area (Å²) in [6, 6.07) is 1.92. The Hall–Kier alpha value is -1.91. The Morgan fingerprint density at radius 1 is 1.28 bits per heavy atom. The summed E-state index contributed by atoms with van der Waals surface area (Å²) in [6.07, 6.45) is 0.967. The van der Waals surface area contributed by atoms with Crippen LogP contribution < -0.4 is 11.0 Å². The molecule has 2 rings (SSSR count). The Bertz CT molecular complexity index is 645. The van der Waals surface area contributed by atoms with E-state index in [4.69, 9.17) is 0 Å². The van der Waals surface area contributed by atoms with Crippen molar-refractivity contribution in [3.05, 3.63) is 33.4 Å². The van der Waals surface area contributed by atoms with Crippen molar-refractivity contribution in [2.75, 3.05) is 11.9 Å². The molecular weight excluding hydrogens is 228 g/mol. The first-order chi connectivity index (χ1) is 8.54. The zero-order valence-corrected chi connectivity index (χ0v) is 11.2. The maximum Gasteiger partial charge on any atom is 0.356 e. The third-order valence-corrected chi connectivity index (χ3v) is 3.19. The van der Waals surface area contributed by atoms with Gasteiger partial charge in [0.1, 0.15) is 5.65 Å². The van der Waals surface area contributed by atoms with Gasteiger partial charge in [0.15, 0.2) is 0 Å². The lowest BCUT2D eigenvalue weighted by Crippen LogP contribution is -2.23. The van der Waals surface area contributed by atoms with Crippen LogP contribution >= 0.6 is 0 Å². The molecule has 18 heavy (non-hydrogen) atoms. The van der Waals surface area contributed by atoms with E-state index < -0.39 is 0 Å². The van der Waals surface area contributed by atoms with Crippen LogP contribution in [0.3, 0.4) is 0 Å². The predicted molar refractivity (Wildman–Crippen MR) is 72.2 cm³/mol. The Morgan fingerprint density at radius 3 is 2.67 bits per heavy atom. The molecular formula is C13H18N4O. The standard InChI is InChI=1S/C13H18N4O/c1-5-6-14-12-15-11-7-8(2)9(3)10(4)17(11)13(18)16-12/h7H,5-6H2,1-4H3,(H,14,16,18). The average molecular weight is 246 g/mol. The van der Waals surface area contributed by atoms with E-state index in [1.54, 1.807) is 4.40 Å². The van der Waals surface area contributed by atoms with Crippen molar-refractivity contribution in [2.45, 2.75) is 34.1 Å². The molecule has 0 radical (unpaired) electrons. The Labute approximate surface area is 106 Å². The van der Waals surface area contributed by atoms with E-state index in [9.17, 15) is 4.79 Å². The van der Waals surface area contributed by atoms with E-state index in [2.05, 4.69) is 22.2 Å². The number of fused-ring (bicyclic) bond motifs is 1. The van der Waals surface area contributed by atoms with Crippen LogP contribution in [-0.4, -0.2) is 20.9 Å². The minimum Gasteiger partial charge on any atom is -0.354 e. The lowest BCUT2D eigenvalue weighted by Gasteiger charge is -2.11. The molecule has 0 aliphatic rings. The summed E-state index contributed by atoms with van der Waals surface area (Å²) in [5, 5.41) is 3.05. The molecule has 2 aromatic heterocycles. The van der Waals surface area contributed by atoms with E-state index in [0.29, 0.717) is 11.6 Å². The molecule has 0 bridgehead atoms. The van der Waals surface area contributed by atoms with E-state index >= 15 is 0 Å². The van der Waals surface area contributed by atoms with Crippen molar-refractivity contribution in [2.24, 2.45) is 0 Å². The molecule has 96 valence electrons. The van der Waals surface area contributed by atoms with Crippen LogP contribution in [-0.2, 0) is 0 Å². The summed E-state index contributed by atoms with van der Waals surface area (Å²) < 4.78 is 1.56. The SMILES string of the molecule is CCCNc1nc(=O)n2c(C)c(C)c(C)cc2n1. The van der Waals surface area contributed by atoms with Gasteiger partial charge in [-0.3, -0.25) is 0 Å². The first kappa shape index (κ1) is 12.5. The van der Waals surface area contributed by atoms with E-state index in [1.165, 1.54) is 0 Å². The van der Waals surface area contributed by atoms with Crippen LogP contribution in [0.5, 0.6) is 0 Å². The molecule has 0 aromatic carbocycles. The van der Waals surface area contributed by atoms with Crippen LogP contribution in [0.25, 0.3) is 5.65 Å². The molecule has 2 aromatic rings. The fourth-order valence-electron chi connectivity index (χ4n) is 1.91. The summed E-state index contributed by atoms with van der Waals surface area (Å²) in [7, 11) is 0. The van der Waals surface area contributed by atoms with Gasteiger partial charge in [-0.15, -0.1) is 0 Å². The molecule has 0 aliphatic heterocycles. The lowest BCUT2D eigenvalue weighted by atomic mass is 10.1. The van der Waals surface area contributed by atoms with Crippen LogP contribution in [0, 0.1) is 20.8 Å². The topological polar surface area (TPSA) is 59.3 Å². The highest BCUT2D eigenvalue weighted by Gasteiger charge is 2.09. The molecule has 5 nitrogen and oxygen atoms in total. The number of nitrogens with one attached hydrogen (secondary N) is 1. The first-order valence-corrected chi connectivity index (χ1v) is 6.16. The quantitative estimate of drug-likeness (QED) is 0.897. The van der Waals surface area contributed by atoms with Gasteiger partial charge >= 0.3 is 5.69 Å². The second kappa shape index (κ2) is 4.76. The number of anilines is 1. The van der Waals surface area contributed by atoms with Gasteiger partial charge in [0.05, 0.1) is 0 Å². The van der Waals surface area contributed by atoms with Crippen molar-refractivity contribution >= 4 is 11.6 Å². The van der Waals surface area contributed by atoms with Gasteiger partial charge in [-0.2, -0.15) is 9.97 Å². The minimum absolute atomic E-state index is 0.279. The molecule has 2 heterocycles. The molecule has 0 unspecified atom stereocenters. The number of hydrogen-bond donors (Lipinski definition) is 1. The fraction of sp³-hybridized carbons (Fsp3) is 0.462. The molecule has 0 saturated heterocycles. The maximum absolute atomic E-state index is 12.0. The molecule has 0 aliphatic carbocycles. The van der Waals surface area contributed by atoms with E-state index in [-0.39, 0.29) is 5.69 Å². The highest BCUT2D eigenvalue weighted by atomic mass is 16.1. The molecule has 5 heteroatoms. The number of aromatic nitrogens is 3. The number of rotatable bonds is 3. The summed E-state index contributed by atoms with van der Waals surface area (Å²) >= 11 is 0. The zero-order chi connectivity index (χ0) is 13.3. The summed E-state index contributed by atoms with van der Waals surface area (Å²) in [5.41, 5.74) is 3.50. The number of aryl methyl sites for hydroxylation is 2. The van der Waals surface area contributed by atoms with Gasteiger partial charge in [0.2, 0.25) is 5.95 Å². The Kier molecular flexibility index (Phi) is 3.32. The molecule has 1 N–H and O–H groups in total. The zero-order valence-electron chi connectivity index (χ0n) is 11.2. The van der Waals surface area contributed by atoms with Gasteiger partial charge in [0.25, 0.3) is 0 Å². The van der Waals surface area contributed by atoms with Crippen molar-refractivity contribution in [3.8, 4) is 0 Å². The summed E-state index contributed by atoms with van der Waals surface area (Å²) in [6.45, 7) is 8.76. The summed E-state index contributed by atoms with van der Waals surface area (Å²) in [5.74, 6) is 0.407. The molecule has 0 spiro atoms. The van der Waals surface area contributed by atoms with Crippen molar-refractivity contribution in [1.29, 1.82) is 0 Å². The van der Waals surface area contributed by atoms with Gasteiger partial charge in [-0.25, -0.2) is 9.20 Å². The van der Waals surface area contributed by atoms with Gasteiger partial charge < -0.3 is 5.32 Å². The number of hydrogen-bond acceptors (Lipinski definition) is 4. The Balaban J connectivity index is 2.67. The fourth-order valence-corrected chi connectivity index (χ4v) is 1.91. The highest BCUT2D eigenvalue weighted by Crippen LogP contribution is 2.14.